The van der Waals surface area contributed by atoms with Crippen LogP contribution in [0.3, 0.4) is 0 Å². The van der Waals surface area contributed by atoms with Crippen molar-refractivity contribution in [1.29, 1.82) is 0 Å². The third kappa shape index (κ3) is 5.80. The van der Waals surface area contributed by atoms with Crippen LogP contribution in [0, 0.1) is 0 Å². The predicted octanol–water partition coefficient (Wildman–Crippen LogP) is 5.48. The minimum Gasteiger partial charge on any atom is -0.371 e. The second-order valence-electron chi connectivity index (χ2n) is 8.70. The first-order valence-corrected chi connectivity index (χ1v) is 11.2. The highest BCUT2D eigenvalue weighted by molar-refractivity contribution is 5.94. The average Bonchev–Trinajstić information content (AvgIpc) is 3.38. The summed E-state index contributed by atoms with van der Waals surface area (Å²) in [5.41, 5.74) is -2.03. The van der Waals surface area contributed by atoms with Crippen molar-refractivity contribution in [3.8, 4) is 5.69 Å². The van der Waals surface area contributed by atoms with Crippen molar-refractivity contribution in [2.75, 3.05) is 11.9 Å². The highest BCUT2D eigenvalue weighted by Gasteiger charge is 2.39. The van der Waals surface area contributed by atoms with Crippen molar-refractivity contribution in [3.63, 3.8) is 0 Å². The topological polar surface area (TPSA) is 63.1 Å². The number of hydrogen-bond donors (Lipinski definition) is 1. The van der Waals surface area contributed by atoms with E-state index in [1.165, 1.54) is 11.9 Å². The second-order valence-corrected chi connectivity index (χ2v) is 8.70. The third-order valence-corrected chi connectivity index (χ3v) is 6.31. The summed E-state index contributed by atoms with van der Waals surface area (Å²) in [6.45, 7) is 0. The monoisotopic (exact) mass is 511 g/mol. The van der Waals surface area contributed by atoms with E-state index in [1.54, 1.807) is 47.6 Å². The summed E-state index contributed by atoms with van der Waals surface area (Å²) in [6.07, 6.45) is -2.87. The molecule has 1 aromatic carbocycles. The number of carbonyl (C=O) groups excluding carboxylic acids is 1. The summed E-state index contributed by atoms with van der Waals surface area (Å²) < 4.78 is 80.7. The minimum atomic E-state index is -5.00. The molecule has 6 nitrogen and oxygen atoms in total. The molecule has 0 aliphatic heterocycles. The van der Waals surface area contributed by atoms with Gasteiger partial charge in [-0.1, -0.05) is 0 Å². The van der Waals surface area contributed by atoms with Crippen LogP contribution < -0.4 is 10.2 Å². The fourth-order valence-electron chi connectivity index (χ4n) is 4.29. The van der Waals surface area contributed by atoms with Gasteiger partial charge in [0.25, 0.3) is 5.91 Å². The Morgan fingerprint density at radius 2 is 1.56 bits per heavy atom. The number of nitrogens with one attached hydrogen (secondary N) is 1. The number of anilines is 1. The minimum absolute atomic E-state index is 0.149. The van der Waals surface area contributed by atoms with Crippen LogP contribution in [-0.2, 0) is 12.4 Å². The van der Waals surface area contributed by atoms with Crippen molar-refractivity contribution in [2.45, 2.75) is 50.1 Å². The number of imidazole rings is 1. The third-order valence-electron chi connectivity index (χ3n) is 6.31. The lowest BCUT2D eigenvalue weighted by molar-refractivity contribution is -0.150. The molecule has 192 valence electrons. The molecule has 4 rings (SSSR count). The van der Waals surface area contributed by atoms with Crippen molar-refractivity contribution in [1.82, 2.24) is 19.9 Å². The summed E-state index contributed by atoms with van der Waals surface area (Å²) in [6, 6.07) is 7.83. The van der Waals surface area contributed by atoms with E-state index in [0.29, 0.717) is 43.4 Å². The van der Waals surface area contributed by atoms with E-state index in [9.17, 15) is 31.1 Å². The highest BCUT2D eigenvalue weighted by atomic mass is 19.4. The Morgan fingerprint density at radius 1 is 0.972 bits per heavy atom. The largest absolute Gasteiger partial charge is 0.433 e. The SMILES string of the molecule is CN(c1cc(C(F)(F)F)nc(C(F)(F)F)c1)[C@H]1CC[C@@H](NC(=O)c2ccc(-n3ccnc3)cc2)CC1. The van der Waals surface area contributed by atoms with Crippen molar-refractivity contribution < 1.29 is 31.1 Å². The molecule has 1 fully saturated rings. The maximum absolute atomic E-state index is 13.2. The molecule has 0 atom stereocenters. The molecule has 0 radical (unpaired) electrons. The van der Waals surface area contributed by atoms with Crippen LogP contribution in [0.5, 0.6) is 0 Å². The van der Waals surface area contributed by atoms with E-state index >= 15 is 0 Å². The number of alkyl halides is 6. The van der Waals surface area contributed by atoms with Gasteiger partial charge < -0.3 is 14.8 Å². The van der Waals surface area contributed by atoms with Gasteiger partial charge in [0.15, 0.2) is 0 Å². The van der Waals surface area contributed by atoms with Gasteiger partial charge in [-0.05, 0) is 62.1 Å². The average molecular weight is 511 g/mol. The van der Waals surface area contributed by atoms with Crippen molar-refractivity contribution in [2.24, 2.45) is 0 Å². The van der Waals surface area contributed by atoms with E-state index in [2.05, 4.69) is 15.3 Å². The molecule has 12 heteroatoms. The van der Waals surface area contributed by atoms with Crippen LogP contribution >= 0.6 is 0 Å². The van der Waals surface area contributed by atoms with Gasteiger partial charge in [-0.2, -0.15) is 26.3 Å². The molecule has 0 unspecified atom stereocenters. The molecule has 36 heavy (non-hydrogen) atoms. The predicted molar refractivity (Wildman–Crippen MR) is 120 cm³/mol. The maximum atomic E-state index is 13.2. The number of rotatable bonds is 5. The standard InChI is InChI=1S/C24H23F6N5O/c1-34(19-12-20(23(25,26)27)33-21(13-19)24(28,29)30)17-8-4-16(5-9-17)32-22(36)15-2-6-18(7-3-15)35-11-10-31-14-35/h2-3,6-7,10-14,16-17H,4-5,8-9H2,1H3,(H,32,36)/t16-,17+. The van der Waals surface area contributed by atoms with Gasteiger partial charge in [-0.25, -0.2) is 9.97 Å². The molecule has 1 aliphatic rings. The maximum Gasteiger partial charge on any atom is 0.433 e. The summed E-state index contributed by atoms with van der Waals surface area (Å²) in [7, 11) is 1.47. The normalized spacial score (nSPS) is 18.6. The molecular weight excluding hydrogens is 488 g/mol. The Hall–Kier alpha value is -3.57. The van der Waals surface area contributed by atoms with Crippen LogP contribution in [-0.4, -0.2) is 39.6 Å². The molecule has 2 aromatic heterocycles. The number of halogens is 6. The first-order chi connectivity index (χ1) is 16.9. The van der Waals surface area contributed by atoms with Gasteiger partial charge in [0.1, 0.15) is 11.4 Å². The van der Waals surface area contributed by atoms with Gasteiger partial charge in [-0.3, -0.25) is 4.79 Å². The van der Waals surface area contributed by atoms with Gasteiger partial charge in [0, 0.05) is 48.5 Å². The number of nitrogens with zero attached hydrogens (tertiary/aromatic N) is 4. The first-order valence-electron chi connectivity index (χ1n) is 11.2. The van der Waals surface area contributed by atoms with E-state index in [-0.39, 0.29) is 23.7 Å². The Balaban J connectivity index is 1.38. The van der Waals surface area contributed by atoms with Gasteiger partial charge in [-0.15, -0.1) is 0 Å². The smallest absolute Gasteiger partial charge is 0.371 e. The summed E-state index contributed by atoms with van der Waals surface area (Å²) in [5.74, 6) is -0.247. The Kier molecular flexibility index (Phi) is 6.96. The fourth-order valence-corrected chi connectivity index (χ4v) is 4.29. The summed E-state index contributed by atoms with van der Waals surface area (Å²) >= 11 is 0. The molecule has 3 aromatic rings. The zero-order valence-corrected chi connectivity index (χ0v) is 19.1. The molecule has 0 bridgehead atoms. The highest BCUT2D eigenvalue weighted by Crippen LogP contribution is 2.37. The number of pyridine rings is 1. The van der Waals surface area contributed by atoms with Gasteiger partial charge in [0.2, 0.25) is 0 Å². The molecule has 1 N–H and O–H groups in total. The van der Waals surface area contributed by atoms with Gasteiger partial charge >= 0.3 is 12.4 Å². The second kappa shape index (κ2) is 9.82. The quantitative estimate of drug-likeness (QED) is 0.461. The lowest BCUT2D eigenvalue weighted by Crippen LogP contribution is -2.43. The first kappa shape index (κ1) is 25.5. The molecule has 2 heterocycles. The number of carbonyl (C=O) groups is 1. The van der Waals surface area contributed by atoms with Crippen LogP contribution in [0.2, 0.25) is 0 Å². The van der Waals surface area contributed by atoms with Crippen LogP contribution in [0.15, 0.2) is 55.1 Å². The molecule has 1 aliphatic carbocycles. The van der Waals surface area contributed by atoms with Crippen LogP contribution in [0.25, 0.3) is 5.69 Å². The van der Waals surface area contributed by atoms with E-state index < -0.39 is 23.7 Å². The lowest BCUT2D eigenvalue weighted by Gasteiger charge is -2.36. The molecule has 0 spiro atoms. The van der Waals surface area contributed by atoms with Gasteiger partial charge in [0.05, 0.1) is 6.33 Å². The molecule has 1 amide bonds. The fraction of sp³-hybridized carbons (Fsp3) is 0.375. The van der Waals surface area contributed by atoms with E-state index in [1.807, 2.05) is 0 Å². The van der Waals surface area contributed by atoms with Crippen molar-refractivity contribution >= 4 is 11.6 Å². The Morgan fingerprint density at radius 3 is 2.06 bits per heavy atom. The van der Waals surface area contributed by atoms with Crippen LogP contribution in [0.4, 0.5) is 32.0 Å². The lowest BCUT2D eigenvalue weighted by atomic mass is 9.90. The number of amides is 1. The van der Waals surface area contributed by atoms with E-state index in [0.717, 1.165) is 5.69 Å². The number of benzene rings is 1. The molecule has 0 saturated heterocycles. The molecule has 1 saturated carbocycles. The zero-order valence-electron chi connectivity index (χ0n) is 19.1. The Bertz CT molecular complexity index is 1150. The zero-order chi connectivity index (χ0) is 26.1. The Labute approximate surface area is 203 Å². The van der Waals surface area contributed by atoms with E-state index in [4.69, 9.17) is 0 Å². The van der Waals surface area contributed by atoms with Crippen LogP contribution in [0.1, 0.15) is 47.4 Å². The summed E-state index contributed by atoms with van der Waals surface area (Å²) in [4.78, 5) is 20.8. The molecular formula is C24H23F6N5O. The number of hydrogen-bond acceptors (Lipinski definition) is 4. The number of aromatic nitrogens is 3. The van der Waals surface area contributed by atoms with Crippen molar-refractivity contribution in [3.05, 3.63) is 72.1 Å². The summed E-state index contributed by atoms with van der Waals surface area (Å²) in [5, 5.41) is 2.96.